The normalized spacial score (nSPS) is 42.8. The molecule has 3 aliphatic heterocycles. The van der Waals surface area contributed by atoms with Crippen LogP contribution in [0.15, 0.2) is 0 Å². The Morgan fingerprint density at radius 1 is 1.16 bits per heavy atom. The molecule has 7 heteroatoms. The lowest BCUT2D eigenvalue weighted by Gasteiger charge is -2.64. The smallest absolute Gasteiger partial charge is 0.305 e. The van der Waals surface area contributed by atoms with Crippen LogP contribution in [0.5, 0.6) is 0 Å². The van der Waals surface area contributed by atoms with Crippen LogP contribution >= 0.6 is 0 Å². The third kappa shape index (κ3) is 3.29. The fourth-order valence-electron chi connectivity index (χ4n) is 4.62. The zero-order valence-electron chi connectivity index (χ0n) is 15.8. The van der Waals surface area contributed by atoms with E-state index in [1.165, 1.54) is 13.8 Å². The van der Waals surface area contributed by atoms with Crippen LogP contribution in [0.4, 0.5) is 0 Å². The summed E-state index contributed by atoms with van der Waals surface area (Å²) in [5, 5.41) is 0. The maximum atomic E-state index is 11.7. The Hall–Kier alpha value is -1.18. The molecule has 3 heterocycles. The zero-order valence-corrected chi connectivity index (χ0v) is 15.8. The van der Waals surface area contributed by atoms with E-state index < -0.39 is 41.6 Å². The molecule has 0 radical (unpaired) electrons. The summed E-state index contributed by atoms with van der Waals surface area (Å²) in [5.41, 5.74) is -0.716. The first kappa shape index (κ1) is 18.6. The van der Waals surface area contributed by atoms with Gasteiger partial charge in [-0.3, -0.25) is 9.59 Å². The highest BCUT2D eigenvalue weighted by atomic mass is 16.8. The zero-order chi connectivity index (χ0) is 18.6. The van der Waals surface area contributed by atoms with Gasteiger partial charge >= 0.3 is 11.9 Å². The van der Waals surface area contributed by atoms with Gasteiger partial charge < -0.3 is 23.7 Å². The summed E-state index contributed by atoms with van der Waals surface area (Å²) in [5.74, 6) is -2.45. The molecule has 0 aromatic carbocycles. The topological polar surface area (TPSA) is 80.3 Å². The lowest BCUT2D eigenvalue weighted by Crippen LogP contribution is -2.73. The fraction of sp³-hybridized carbons (Fsp3) is 0.889. The molecule has 1 saturated carbocycles. The molecule has 0 N–H and O–H groups in total. The molecule has 1 aliphatic carbocycles. The Kier molecular flexibility index (Phi) is 4.41. The first-order valence-corrected chi connectivity index (χ1v) is 8.83. The third-order valence-corrected chi connectivity index (χ3v) is 5.26. The second-order valence-corrected chi connectivity index (χ2v) is 8.51. The minimum atomic E-state index is -1.14. The molecule has 4 aliphatic rings. The first-order chi connectivity index (χ1) is 11.5. The van der Waals surface area contributed by atoms with E-state index >= 15 is 0 Å². The summed E-state index contributed by atoms with van der Waals surface area (Å²) >= 11 is 0. The maximum absolute atomic E-state index is 11.7. The van der Waals surface area contributed by atoms with Gasteiger partial charge in [-0.15, -0.1) is 0 Å². The summed E-state index contributed by atoms with van der Waals surface area (Å²) in [6.45, 7) is 10.8. The van der Waals surface area contributed by atoms with Crippen LogP contribution < -0.4 is 0 Å². The predicted molar refractivity (Wildman–Crippen MR) is 86.1 cm³/mol. The van der Waals surface area contributed by atoms with E-state index in [0.29, 0.717) is 19.3 Å². The largest absolute Gasteiger partial charge is 0.435 e. The number of carbonyl (C=O) groups is 2. The summed E-state index contributed by atoms with van der Waals surface area (Å²) < 4.78 is 29.2. The maximum Gasteiger partial charge on any atom is 0.305 e. The SMILES string of the molecule is CC(=O)OC1O[C@H]2C[C@]3(C)[C@@H](OC(C)(C)C)CC[C@](OC(C)=O)(O2)[C@H]13. The first-order valence-electron chi connectivity index (χ1n) is 8.83. The molecule has 4 rings (SSSR count). The minimum absolute atomic E-state index is 0.0745. The molecule has 1 unspecified atom stereocenters. The Morgan fingerprint density at radius 3 is 2.40 bits per heavy atom. The van der Waals surface area contributed by atoms with Crippen molar-refractivity contribution in [3.63, 3.8) is 0 Å². The van der Waals surface area contributed by atoms with E-state index in [9.17, 15) is 9.59 Å². The lowest BCUT2D eigenvalue weighted by atomic mass is 9.57. The van der Waals surface area contributed by atoms with E-state index in [4.69, 9.17) is 23.7 Å². The van der Waals surface area contributed by atoms with Gasteiger partial charge in [-0.05, 0) is 27.2 Å². The fourth-order valence-corrected chi connectivity index (χ4v) is 4.62. The number of fused-ring (bicyclic) bond motifs is 1. The van der Waals surface area contributed by atoms with Crippen molar-refractivity contribution in [1.29, 1.82) is 0 Å². The molecule has 6 atom stereocenters. The van der Waals surface area contributed by atoms with Crippen LogP contribution in [0.25, 0.3) is 0 Å². The minimum Gasteiger partial charge on any atom is -0.435 e. The summed E-state index contributed by atoms with van der Waals surface area (Å²) in [6, 6.07) is 0. The summed E-state index contributed by atoms with van der Waals surface area (Å²) in [4.78, 5) is 23.3. The van der Waals surface area contributed by atoms with Crippen LogP contribution in [-0.4, -0.2) is 42.0 Å². The average molecular weight is 356 g/mol. The third-order valence-electron chi connectivity index (χ3n) is 5.26. The van der Waals surface area contributed by atoms with Gasteiger partial charge in [0, 0.05) is 32.1 Å². The molecule has 0 aromatic heterocycles. The van der Waals surface area contributed by atoms with E-state index in [2.05, 4.69) is 6.92 Å². The van der Waals surface area contributed by atoms with Crippen molar-refractivity contribution in [2.75, 3.05) is 0 Å². The van der Waals surface area contributed by atoms with Gasteiger partial charge in [-0.1, -0.05) is 6.92 Å². The van der Waals surface area contributed by atoms with Crippen LogP contribution in [0, 0.1) is 11.3 Å². The molecule has 25 heavy (non-hydrogen) atoms. The van der Waals surface area contributed by atoms with Gasteiger partial charge in [-0.25, -0.2) is 0 Å². The highest BCUT2D eigenvalue weighted by Gasteiger charge is 2.71. The van der Waals surface area contributed by atoms with E-state index in [1.54, 1.807) is 0 Å². The number of carbonyl (C=O) groups excluding carboxylic acids is 2. The van der Waals surface area contributed by atoms with Crippen LogP contribution in [0.2, 0.25) is 0 Å². The highest BCUT2D eigenvalue weighted by molar-refractivity contribution is 5.67. The molecule has 0 spiro atoms. The van der Waals surface area contributed by atoms with Crippen LogP contribution in [-0.2, 0) is 33.3 Å². The van der Waals surface area contributed by atoms with Gasteiger partial charge in [0.1, 0.15) is 0 Å². The number of rotatable bonds is 3. The Balaban J connectivity index is 1.99. The van der Waals surface area contributed by atoms with Crippen molar-refractivity contribution in [3.05, 3.63) is 0 Å². The Morgan fingerprint density at radius 2 is 1.84 bits per heavy atom. The van der Waals surface area contributed by atoms with E-state index in [0.717, 1.165) is 0 Å². The van der Waals surface area contributed by atoms with Gasteiger partial charge in [0.15, 0.2) is 6.29 Å². The van der Waals surface area contributed by atoms with E-state index in [1.807, 2.05) is 20.8 Å². The van der Waals surface area contributed by atoms with Crippen molar-refractivity contribution in [3.8, 4) is 0 Å². The van der Waals surface area contributed by atoms with Crippen molar-refractivity contribution < 1.29 is 33.3 Å². The summed E-state index contributed by atoms with van der Waals surface area (Å²) in [7, 11) is 0. The Labute approximate surface area is 148 Å². The molecule has 4 fully saturated rings. The lowest BCUT2D eigenvalue weighted by molar-refractivity contribution is -0.478. The van der Waals surface area contributed by atoms with Crippen molar-refractivity contribution in [2.24, 2.45) is 11.3 Å². The highest BCUT2D eigenvalue weighted by Crippen LogP contribution is 2.62. The summed E-state index contributed by atoms with van der Waals surface area (Å²) in [6.07, 6.45) is 0.266. The quantitative estimate of drug-likeness (QED) is 0.719. The predicted octanol–water partition coefficient (Wildman–Crippen LogP) is 2.51. The standard InChI is InChI=1S/C18H28O7/c1-10(19)21-15-14-17(6)9-13(22-15)25-18(14,23-11(2)20)8-7-12(17)24-16(3,4)5/h12-15H,7-9H2,1-6H3/t12-,13+,14+,15?,17+,18-/m0/s1. The van der Waals surface area contributed by atoms with Gasteiger partial charge in [-0.2, -0.15) is 0 Å². The second kappa shape index (κ2) is 5.93. The second-order valence-electron chi connectivity index (χ2n) is 8.51. The van der Waals surface area contributed by atoms with Crippen LogP contribution in [0.1, 0.15) is 60.8 Å². The molecule has 7 nitrogen and oxygen atoms in total. The molecule has 3 saturated heterocycles. The monoisotopic (exact) mass is 356 g/mol. The average Bonchev–Trinajstić information content (AvgIpc) is 2.38. The van der Waals surface area contributed by atoms with E-state index in [-0.39, 0.29) is 11.7 Å². The van der Waals surface area contributed by atoms with Crippen molar-refractivity contribution in [1.82, 2.24) is 0 Å². The van der Waals surface area contributed by atoms with Gasteiger partial charge in [0.2, 0.25) is 12.1 Å². The number of esters is 2. The molecule has 0 amide bonds. The van der Waals surface area contributed by atoms with Gasteiger partial charge in [0.05, 0.1) is 17.6 Å². The van der Waals surface area contributed by atoms with Gasteiger partial charge in [0.25, 0.3) is 0 Å². The van der Waals surface area contributed by atoms with Crippen molar-refractivity contribution in [2.45, 2.75) is 90.9 Å². The molecule has 4 bridgehead atoms. The molecule has 142 valence electrons. The molecular formula is C18H28O7. The Bertz CT molecular complexity index is 568. The van der Waals surface area contributed by atoms with Crippen LogP contribution in [0.3, 0.4) is 0 Å². The number of hydrogen-bond donors (Lipinski definition) is 0. The number of ether oxygens (including phenoxy) is 5. The number of hydrogen-bond acceptors (Lipinski definition) is 7. The van der Waals surface area contributed by atoms with Crippen molar-refractivity contribution >= 4 is 11.9 Å². The molecule has 0 aromatic rings. The molecular weight excluding hydrogens is 328 g/mol.